The normalized spacial score (nSPS) is 19.4. The van der Waals surface area contributed by atoms with Crippen molar-refractivity contribution < 1.29 is 33.7 Å². The number of hydrogen-bond acceptors (Lipinski definition) is 9. The highest BCUT2D eigenvalue weighted by molar-refractivity contribution is 9.09. The number of piperidine rings is 1. The van der Waals surface area contributed by atoms with Crippen LogP contribution in [0.4, 0.5) is 4.39 Å². The number of hydrogen-bond donors (Lipinski definition) is 2. The summed E-state index contributed by atoms with van der Waals surface area (Å²) in [6.07, 6.45) is 9.27. The average molecular weight is 801 g/mol. The molecule has 2 aliphatic heterocycles. The van der Waals surface area contributed by atoms with Crippen LogP contribution in [0.1, 0.15) is 44.1 Å². The molecule has 2 aliphatic rings. The molecular weight excluding hydrogens is 757 g/mol. The number of pyridine rings is 2. The van der Waals surface area contributed by atoms with Gasteiger partial charge in [-0.2, -0.15) is 0 Å². The van der Waals surface area contributed by atoms with E-state index in [2.05, 4.69) is 31.0 Å². The van der Waals surface area contributed by atoms with Crippen LogP contribution in [-0.4, -0.2) is 98.7 Å². The number of carbonyl (C=O) groups is 2. The van der Waals surface area contributed by atoms with Crippen LogP contribution in [0.3, 0.4) is 0 Å². The quantitative estimate of drug-likeness (QED) is 0.139. The maximum Gasteiger partial charge on any atom is 0.414 e. The third-order valence-electron chi connectivity index (χ3n) is 9.34. The first-order chi connectivity index (χ1) is 25.6. The lowest BCUT2D eigenvalue weighted by atomic mass is 9.86. The van der Waals surface area contributed by atoms with Crippen molar-refractivity contribution in [3.05, 3.63) is 105 Å². The van der Waals surface area contributed by atoms with E-state index in [4.69, 9.17) is 29.3 Å². The number of fused-ring (bicyclic) bond motifs is 4. The van der Waals surface area contributed by atoms with Crippen molar-refractivity contribution in [1.29, 1.82) is 0 Å². The molecule has 2 bridgehead atoms. The number of carboxylic acid groups (broad SMARTS) is 2. The molecule has 2 unspecified atom stereocenters. The number of carboxylic acids is 2. The first-order valence-electron chi connectivity index (χ1n) is 17.3. The van der Waals surface area contributed by atoms with Crippen LogP contribution in [0, 0.1) is 5.82 Å². The van der Waals surface area contributed by atoms with Crippen molar-refractivity contribution >= 4 is 39.2 Å². The number of aromatic nitrogens is 6. The fourth-order valence-corrected chi connectivity index (χ4v) is 7.24. The zero-order chi connectivity index (χ0) is 38.0. The van der Waals surface area contributed by atoms with Crippen LogP contribution < -0.4 is 11.4 Å². The van der Waals surface area contributed by atoms with Gasteiger partial charge in [-0.25, -0.2) is 32.9 Å². The Morgan fingerprint density at radius 2 is 1.36 bits per heavy atom. The SMILES string of the molecule is COCC1(OCc2ccccc2F)CC2CCC(C1)N2CCCn1nc2ccccn2c1=O.O=C(O)C(=O)O.O=c1n(CCCBr)nc2ccccn12. The van der Waals surface area contributed by atoms with Crippen molar-refractivity contribution in [1.82, 2.24) is 33.3 Å². The zero-order valence-electron chi connectivity index (χ0n) is 29.3. The second-order valence-electron chi connectivity index (χ2n) is 12.9. The van der Waals surface area contributed by atoms with E-state index in [0.29, 0.717) is 48.6 Å². The molecule has 17 heteroatoms. The standard InChI is InChI=1S/C25H31FN4O3.C9H10BrN3O.C2H2O4/c1-32-18-25(33-17-19-7-2-3-8-22(19)26)15-20-10-11-21(16-25)28(20)13-6-14-30-24(31)29-12-5-4-9-23(29)27-30;10-5-3-7-13-9(14)12-6-2-1-4-8(12)11-13;3-1(4)2(5)6/h2-5,7-9,12,20-21H,6,10-11,13-18H2,1H3;1-2,4,6H,3,5,7H2;(H,3,4)(H,5,6). The molecule has 7 rings (SSSR count). The Morgan fingerprint density at radius 3 is 1.85 bits per heavy atom. The summed E-state index contributed by atoms with van der Waals surface area (Å²) in [5.74, 6) is -3.88. The fourth-order valence-electron chi connectivity index (χ4n) is 6.99. The smallest absolute Gasteiger partial charge is 0.414 e. The molecule has 2 N–H and O–H groups in total. The number of alkyl halides is 1. The molecule has 6 heterocycles. The number of halogens is 2. The van der Waals surface area contributed by atoms with Crippen molar-refractivity contribution in [2.24, 2.45) is 0 Å². The molecule has 0 saturated carbocycles. The van der Waals surface area contributed by atoms with Gasteiger partial charge in [0.05, 0.1) is 18.8 Å². The summed E-state index contributed by atoms with van der Waals surface area (Å²) in [7, 11) is 1.70. The zero-order valence-corrected chi connectivity index (χ0v) is 30.9. The van der Waals surface area contributed by atoms with Gasteiger partial charge >= 0.3 is 23.3 Å². The highest BCUT2D eigenvalue weighted by Crippen LogP contribution is 2.43. The second-order valence-corrected chi connectivity index (χ2v) is 13.7. The van der Waals surface area contributed by atoms with Gasteiger partial charge in [-0.15, -0.1) is 10.2 Å². The van der Waals surface area contributed by atoms with Gasteiger partial charge in [-0.3, -0.25) is 13.7 Å². The lowest BCUT2D eigenvalue weighted by Crippen LogP contribution is -2.54. The molecule has 2 fully saturated rings. The Kier molecular flexibility index (Phi) is 13.7. The van der Waals surface area contributed by atoms with E-state index in [1.54, 1.807) is 45.1 Å². The number of rotatable bonds is 12. The average Bonchev–Trinajstić information content (AvgIpc) is 3.74. The number of aryl methyl sites for hydroxylation is 2. The number of benzene rings is 1. The van der Waals surface area contributed by atoms with Gasteiger partial charge < -0.3 is 19.7 Å². The molecular formula is C36H43BrFN7O8. The third-order valence-corrected chi connectivity index (χ3v) is 9.90. The maximum atomic E-state index is 14.1. The molecule has 5 aromatic rings. The summed E-state index contributed by atoms with van der Waals surface area (Å²) >= 11 is 3.33. The summed E-state index contributed by atoms with van der Waals surface area (Å²) in [6.45, 7) is 2.95. The van der Waals surface area contributed by atoms with Crippen LogP contribution in [0.15, 0.2) is 82.6 Å². The second kappa shape index (κ2) is 18.4. The number of ether oxygens (including phenoxy) is 2. The Balaban J connectivity index is 0.000000222. The molecule has 4 aromatic heterocycles. The number of nitrogens with zero attached hydrogens (tertiary/aromatic N) is 7. The van der Waals surface area contributed by atoms with Crippen LogP contribution in [0.2, 0.25) is 0 Å². The Hall–Kier alpha value is -4.71. The predicted molar refractivity (Wildman–Crippen MR) is 196 cm³/mol. The van der Waals surface area contributed by atoms with Gasteiger partial charge in [0.2, 0.25) is 0 Å². The van der Waals surface area contributed by atoms with Gasteiger partial charge in [-0.1, -0.05) is 46.3 Å². The number of methoxy groups -OCH3 is 1. The molecule has 0 spiro atoms. The summed E-state index contributed by atoms with van der Waals surface area (Å²) in [4.78, 5) is 45.0. The summed E-state index contributed by atoms with van der Waals surface area (Å²) in [6, 6.07) is 18.7. The first kappa shape index (κ1) is 39.5. The first-order valence-corrected chi connectivity index (χ1v) is 18.4. The largest absolute Gasteiger partial charge is 0.473 e. The van der Waals surface area contributed by atoms with Crippen LogP contribution in [0.25, 0.3) is 11.3 Å². The van der Waals surface area contributed by atoms with E-state index in [0.717, 1.165) is 50.4 Å². The molecule has 2 saturated heterocycles. The third kappa shape index (κ3) is 9.84. The molecule has 2 atom stereocenters. The van der Waals surface area contributed by atoms with E-state index >= 15 is 0 Å². The van der Waals surface area contributed by atoms with E-state index < -0.39 is 17.5 Å². The van der Waals surface area contributed by atoms with Crippen molar-refractivity contribution in [2.45, 2.75) is 75.9 Å². The van der Waals surface area contributed by atoms with Crippen LogP contribution in [-0.2, 0) is 38.8 Å². The van der Waals surface area contributed by atoms with Crippen molar-refractivity contribution in [3.63, 3.8) is 0 Å². The molecule has 0 radical (unpaired) electrons. The van der Waals surface area contributed by atoms with E-state index in [-0.39, 0.29) is 23.8 Å². The molecule has 15 nitrogen and oxygen atoms in total. The molecule has 1 aromatic carbocycles. The van der Waals surface area contributed by atoms with Gasteiger partial charge in [-0.05, 0) is 68.9 Å². The lowest BCUT2D eigenvalue weighted by molar-refractivity contribution is -0.159. The highest BCUT2D eigenvalue weighted by Gasteiger charge is 2.49. The van der Waals surface area contributed by atoms with Gasteiger partial charge in [0.1, 0.15) is 5.82 Å². The molecule has 284 valence electrons. The minimum absolute atomic E-state index is 0.0680. The summed E-state index contributed by atoms with van der Waals surface area (Å²) < 4.78 is 32.2. The minimum atomic E-state index is -1.82. The van der Waals surface area contributed by atoms with E-state index in [1.807, 2.05) is 42.5 Å². The van der Waals surface area contributed by atoms with E-state index in [9.17, 15) is 14.0 Å². The van der Waals surface area contributed by atoms with Gasteiger partial charge in [0.25, 0.3) is 0 Å². The van der Waals surface area contributed by atoms with Crippen LogP contribution in [0.5, 0.6) is 0 Å². The monoisotopic (exact) mass is 799 g/mol. The molecule has 0 aliphatic carbocycles. The van der Waals surface area contributed by atoms with Crippen molar-refractivity contribution in [3.8, 4) is 0 Å². The Morgan fingerprint density at radius 1 is 0.830 bits per heavy atom. The van der Waals surface area contributed by atoms with Gasteiger partial charge in [0.15, 0.2) is 11.3 Å². The number of aliphatic carboxylic acids is 2. The lowest BCUT2D eigenvalue weighted by Gasteiger charge is -2.46. The van der Waals surface area contributed by atoms with Crippen molar-refractivity contribution in [2.75, 3.05) is 25.6 Å². The minimum Gasteiger partial charge on any atom is -0.473 e. The topological polar surface area (TPSA) is 175 Å². The molecule has 0 amide bonds. The summed E-state index contributed by atoms with van der Waals surface area (Å²) in [5.41, 5.74) is 1.41. The highest BCUT2D eigenvalue weighted by atomic mass is 79.9. The Bertz CT molecular complexity index is 2090. The van der Waals surface area contributed by atoms with E-state index in [1.165, 1.54) is 10.7 Å². The maximum absolute atomic E-state index is 14.1. The Labute approximate surface area is 312 Å². The molecule has 53 heavy (non-hydrogen) atoms. The van der Waals surface area contributed by atoms with Gasteiger partial charge in [0, 0.05) is 62.1 Å². The summed E-state index contributed by atoms with van der Waals surface area (Å²) in [5, 5.41) is 24.3. The fraction of sp³-hybridized carbons (Fsp3) is 0.444. The van der Waals surface area contributed by atoms with Crippen LogP contribution >= 0.6 is 15.9 Å². The predicted octanol–water partition coefficient (Wildman–Crippen LogP) is 3.69.